The molecule has 0 spiro atoms. The average molecular weight is 414 g/mol. The van der Waals surface area contributed by atoms with Gasteiger partial charge in [-0.3, -0.25) is 9.78 Å². The van der Waals surface area contributed by atoms with E-state index in [0.29, 0.717) is 16.2 Å². The molecule has 1 fully saturated rings. The number of carbonyl (C=O) groups excluding carboxylic acids is 1. The predicted octanol–water partition coefficient (Wildman–Crippen LogP) is 4.17. The minimum atomic E-state index is -2.68. The monoisotopic (exact) mass is 413 g/mol. The third kappa shape index (κ3) is 5.06. The molecule has 7 heteroatoms. The van der Waals surface area contributed by atoms with Gasteiger partial charge in [0.1, 0.15) is 11.5 Å². The number of alkyl halides is 1. The van der Waals surface area contributed by atoms with Crippen molar-refractivity contribution in [2.24, 2.45) is 0 Å². The van der Waals surface area contributed by atoms with Crippen LogP contribution < -0.4 is 5.32 Å². The van der Waals surface area contributed by atoms with E-state index >= 15 is 4.39 Å². The molecular weight excluding hydrogens is 384 g/mol. The molecule has 1 saturated heterocycles. The molecule has 2 aromatic rings. The van der Waals surface area contributed by atoms with Gasteiger partial charge in [0.05, 0.1) is 10.7 Å². The van der Waals surface area contributed by atoms with Crippen molar-refractivity contribution in [3.63, 3.8) is 0 Å². The van der Waals surface area contributed by atoms with Crippen LogP contribution in [-0.2, 0) is 12.9 Å². The molecule has 1 aromatic carbocycles. The van der Waals surface area contributed by atoms with E-state index in [2.05, 4.69) is 10.3 Å². The lowest BCUT2D eigenvalue weighted by Crippen LogP contribution is -2.48. The van der Waals surface area contributed by atoms with Crippen LogP contribution >= 0.6 is 11.6 Å². The molecule has 1 aromatic heterocycles. The number of hydrogen-bond acceptors (Lipinski definition) is 3. The van der Waals surface area contributed by atoms with Gasteiger partial charge < -0.3 is 10.2 Å². The van der Waals surface area contributed by atoms with E-state index in [1.807, 2.05) is 0 Å². The molecule has 1 aliphatic heterocycles. The largest absolute Gasteiger partial charge is 0.338 e. The summed E-state index contributed by atoms with van der Waals surface area (Å²) in [7, 11) is 0. The molecule has 0 bridgehead atoms. The Balaban J connectivity index is 1.71. The number of carbonyl (C=O) groups is 1. The smallest absolute Gasteiger partial charge is 0.253 e. The number of hydrogen-bond donors (Lipinski definition) is 1. The Hall–Kier alpha value is -2.05. The van der Waals surface area contributed by atoms with Gasteiger partial charge in [-0.05, 0) is 36.2 Å². The van der Waals surface area contributed by atoms with Crippen LogP contribution in [0.5, 0.6) is 0 Å². The Morgan fingerprint density at radius 2 is 2.14 bits per heavy atom. The number of aromatic nitrogens is 1. The van der Waals surface area contributed by atoms with Crippen LogP contribution in [0.1, 0.15) is 49.6 Å². The van der Waals surface area contributed by atoms with Gasteiger partial charge in [0.15, 0.2) is 0 Å². The fraction of sp³-hybridized carbons (Fsp3) is 0.429. The van der Waals surface area contributed by atoms with E-state index in [1.165, 1.54) is 13.1 Å². The summed E-state index contributed by atoms with van der Waals surface area (Å²) in [6, 6.07) is 6.12. The van der Waals surface area contributed by atoms with Crippen molar-refractivity contribution in [1.29, 1.82) is 0 Å². The molecule has 1 amide bonds. The lowest BCUT2D eigenvalue weighted by molar-refractivity contribution is 0.0434. The van der Waals surface area contributed by atoms with Crippen LogP contribution in [0.25, 0.3) is 0 Å². The maximum absolute atomic E-state index is 15.6. The molecule has 0 radical (unpaired) electrons. The third-order valence-electron chi connectivity index (χ3n) is 4.34. The summed E-state index contributed by atoms with van der Waals surface area (Å²) in [6.07, 6.45) is -1.74. The maximum Gasteiger partial charge on any atom is 0.253 e. The zero-order valence-electron chi connectivity index (χ0n) is 21.2. The van der Waals surface area contributed by atoms with E-state index < -0.39 is 56.1 Å². The SMILES string of the molecule is [2H]C([2H])(C)c1ccc(CNCC2(F)CC([2H])([2H])N(C(=O)c3ccc(F)c(Cl)c3)C([2H])([2H])C2)nc1. The number of nitrogens with zero attached hydrogens (tertiary/aromatic N) is 2. The molecule has 1 N–H and O–H groups in total. The lowest BCUT2D eigenvalue weighted by atomic mass is 9.92. The first-order valence-corrected chi connectivity index (χ1v) is 9.07. The van der Waals surface area contributed by atoms with Crippen molar-refractivity contribution >= 4 is 17.5 Å². The normalized spacial score (nSPS) is 23.5. The second kappa shape index (κ2) is 8.97. The van der Waals surface area contributed by atoms with Gasteiger partial charge >= 0.3 is 0 Å². The van der Waals surface area contributed by atoms with E-state index in [1.54, 1.807) is 12.1 Å². The highest BCUT2D eigenvalue weighted by molar-refractivity contribution is 6.31. The molecular formula is C21H24ClF2N3O. The highest BCUT2D eigenvalue weighted by Crippen LogP contribution is 2.27. The number of halogens is 3. The van der Waals surface area contributed by atoms with Crippen LogP contribution in [0.15, 0.2) is 36.5 Å². The molecule has 0 atom stereocenters. The Morgan fingerprint density at radius 3 is 2.75 bits per heavy atom. The summed E-state index contributed by atoms with van der Waals surface area (Å²) >= 11 is 5.70. The molecule has 150 valence electrons. The Morgan fingerprint density at radius 1 is 1.39 bits per heavy atom. The summed E-state index contributed by atoms with van der Waals surface area (Å²) in [5, 5.41) is 2.44. The number of piperidine rings is 1. The van der Waals surface area contributed by atoms with Crippen LogP contribution in [0.4, 0.5) is 8.78 Å². The number of rotatable bonds is 6. The van der Waals surface area contributed by atoms with Crippen molar-refractivity contribution in [2.75, 3.05) is 19.5 Å². The highest BCUT2D eigenvalue weighted by atomic mass is 35.5. The van der Waals surface area contributed by atoms with Crippen LogP contribution in [0.3, 0.4) is 0 Å². The Bertz CT molecular complexity index is 1050. The van der Waals surface area contributed by atoms with Gasteiger partial charge in [-0.25, -0.2) is 8.78 Å². The van der Waals surface area contributed by atoms with Gasteiger partial charge in [0.25, 0.3) is 5.91 Å². The lowest BCUT2D eigenvalue weighted by Gasteiger charge is -2.36. The highest BCUT2D eigenvalue weighted by Gasteiger charge is 2.35. The first-order valence-electron chi connectivity index (χ1n) is 11.7. The van der Waals surface area contributed by atoms with Gasteiger partial charge in [0, 0.05) is 58.9 Å². The van der Waals surface area contributed by atoms with Crippen LogP contribution in [0, 0.1) is 5.82 Å². The summed E-state index contributed by atoms with van der Waals surface area (Å²) in [6.45, 7) is -4.25. The Kier molecular flexibility index (Phi) is 4.49. The summed E-state index contributed by atoms with van der Waals surface area (Å²) < 4.78 is 77.5. The first-order chi connectivity index (χ1) is 15.5. The molecule has 2 heterocycles. The van der Waals surface area contributed by atoms with Crippen LogP contribution in [0.2, 0.25) is 5.02 Å². The fourth-order valence-corrected chi connectivity index (χ4v) is 2.86. The quantitative estimate of drug-likeness (QED) is 0.773. The Labute approximate surface area is 177 Å². The van der Waals surface area contributed by atoms with E-state index in [4.69, 9.17) is 19.8 Å². The van der Waals surface area contributed by atoms with Crippen molar-refractivity contribution in [1.82, 2.24) is 15.2 Å². The molecule has 3 rings (SSSR count). The van der Waals surface area contributed by atoms with Gasteiger partial charge in [-0.15, -0.1) is 0 Å². The second-order valence-corrected chi connectivity index (χ2v) is 6.89. The minimum absolute atomic E-state index is 0.0986. The number of pyridine rings is 1. The van der Waals surface area contributed by atoms with E-state index in [-0.39, 0.29) is 17.1 Å². The van der Waals surface area contributed by atoms with E-state index in [0.717, 1.165) is 18.2 Å². The molecule has 0 unspecified atom stereocenters. The summed E-state index contributed by atoms with van der Waals surface area (Å²) in [4.78, 5) is 17.4. The first kappa shape index (κ1) is 14.0. The standard InChI is InChI=1S/C21H24ClF2N3O/c1-2-15-3-5-17(26-12-15)13-25-14-21(24)7-9-27(10-8-21)20(28)16-4-6-19(23)18(22)11-16/h3-6,11-12,25H,2,7-10,13-14H2,1H3/i2D2,9D2,10D2. The van der Waals surface area contributed by atoms with Gasteiger partial charge in [-0.1, -0.05) is 24.6 Å². The number of amides is 1. The topological polar surface area (TPSA) is 45.2 Å². The number of aryl methyl sites for hydroxylation is 1. The van der Waals surface area contributed by atoms with Crippen molar-refractivity contribution in [3.05, 3.63) is 64.2 Å². The van der Waals surface area contributed by atoms with Crippen molar-refractivity contribution < 1.29 is 21.8 Å². The summed E-state index contributed by atoms with van der Waals surface area (Å²) in [5.41, 5.74) is -1.64. The zero-order chi connectivity index (χ0) is 25.5. The van der Waals surface area contributed by atoms with Crippen molar-refractivity contribution in [3.8, 4) is 0 Å². The molecule has 28 heavy (non-hydrogen) atoms. The van der Waals surface area contributed by atoms with Gasteiger partial charge in [-0.2, -0.15) is 0 Å². The average Bonchev–Trinajstić information content (AvgIpc) is 2.67. The van der Waals surface area contributed by atoms with Crippen LogP contribution in [-0.4, -0.2) is 41.0 Å². The molecule has 0 saturated carbocycles. The minimum Gasteiger partial charge on any atom is -0.338 e. The maximum atomic E-state index is 15.6. The summed E-state index contributed by atoms with van der Waals surface area (Å²) in [5.74, 6) is -1.85. The number of benzene rings is 1. The second-order valence-electron chi connectivity index (χ2n) is 6.48. The molecule has 0 aliphatic carbocycles. The molecule has 4 nitrogen and oxygen atoms in total. The zero-order valence-corrected chi connectivity index (χ0v) is 16.0. The van der Waals surface area contributed by atoms with E-state index in [9.17, 15) is 9.18 Å². The number of nitrogens with one attached hydrogen (secondary N) is 1. The predicted molar refractivity (Wildman–Crippen MR) is 106 cm³/mol. The third-order valence-corrected chi connectivity index (χ3v) is 4.63. The number of likely N-dealkylation sites (tertiary alicyclic amines) is 1. The van der Waals surface area contributed by atoms with Gasteiger partial charge in [0.2, 0.25) is 0 Å². The fourth-order valence-electron chi connectivity index (χ4n) is 2.68. The molecule has 1 aliphatic rings. The van der Waals surface area contributed by atoms with Crippen molar-refractivity contribution in [2.45, 2.75) is 38.4 Å².